The Labute approximate surface area is 177 Å². The number of hydrogen-bond donors (Lipinski definition) is 0. The van der Waals surface area contributed by atoms with Gasteiger partial charge in [0.2, 0.25) is 0 Å². The third kappa shape index (κ3) is 8.35. The molecule has 5 nitrogen and oxygen atoms in total. The van der Waals surface area contributed by atoms with Crippen LogP contribution in [0.4, 0.5) is 0 Å². The van der Waals surface area contributed by atoms with Crippen LogP contribution in [0.25, 0.3) is 0 Å². The van der Waals surface area contributed by atoms with E-state index in [2.05, 4.69) is 5.16 Å². The second kappa shape index (κ2) is 12.0. The highest BCUT2D eigenvalue weighted by molar-refractivity contribution is 6.55. The van der Waals surface area contributed by atoms with Crippen LogP contribution in [-0.2, 0) is 4.84 Å². The Hall–Kier alpha value is -1.53. The van der Waals surface area contributed by atoms with Crippen LogP contribution in [0.5, 0.6) is 11.5 Å². The first kappa shape index (κ1) is 21.8. The van der Waals surface area contributed by atoms with Crippen molar-refractivity contribution in [1.82, 2.24) is 0 Å². The molecule has 0 N–H and O–H groups in total. The zero-order chi connectivity index (χ0) is 19.5. The lowest BCUT2D eigenvalue weighted by Gasteiger charge is -2.12. The number of ether oxygens (including phenoxy) is 2. The van der Waals surface area contributed by atoms with Crippen LogP contribution < -0.4 is 9.47 Å². The van der Waals surface area contributed by atoms with E-state index >= 15 is 0 Å². The molecule has 2 aromatic rings. The first-order valence-electron chi connectivity index (χ1n) is 8.01. The summed E-state index contributed by atoms with van der Waals surface area (Å²) >= 11 is 23.4. The minimum atomic E-state index is 0.128. The number of unbranched alkanes of at least 4 members (excludes halogenated alkanes) is 1. The molecule has 1 heterocycles. The van der Waals surface area contributed by atoms with Crippen molar-refractivity contribution in [2.75, 3.05) is 19.8 Å². The predicted molar refractivity (Wildman–Crippen MR) is 109 cm³/mol. The van der Waals surface area contributed by atoms with E-state index in [1.54, 1.807) is 30.5 Å². The van der Waals surface area contributed by atoms with Crippen molar-refractivity contribution in [2.45, 2.75) is 12.8 Å². The second-order valence-electron chi connectivity index (χ2n) is 5.16. The molecule has 2 rings (SSSR count). The fraction of sp³-hybridized carbons (Fsp3) is 0.278. The van der Waals surface area contributed by atoms with Gasteiger partial charge in [-0.25, -0.2) is 0 Å². The molecule has 0 radical (unpaired) electrons. The first-order valence-corrected chi connectivity index (χ1v) is 9.52. The van der Waals surface area contributed by atoms with Crippen LogP contribution in [0.1, 0.15) is 18.6 Å². The van der Waals surface area contributed by atoms with Gasteiger partial charge in [0.1, 0.15) is 35.4 Å². The third-order valence-electron chi connectivity index (χ3n) is 3.13. The van der Waals surface area contributed by atoms with Gasteiger partial charge >= 0.3 is 0 Å². The number of halogens is 4. The van der Waals surface area contributed by atoms with Crippen LogP contribution in [0.15, 0.2) is 50.7 Å². The molecule has 0 aliphatic rings. The quantitative estimate of drug-likeness (QED) is 0.222. The Bertz CT molecular complexity index is 736. The number of rotatable bonds is 11. The van der Waals surface area contributed by atoms with Gasteiger partial charge in [0, 0.05) is 12.1 Å². The summed E-state index contributed by atoms with van der Waals surface area (Å²) in [5.41, 5.74) is 0. The van der Waals surface area contributed by atoms with Gasteiger partial charge in [-0.3, -0.25) is 0 Å². The van der Waals surface area contributed by atoms with Crippen LogP contribution >= 0.6 is 46.4 Å². The molecule has 27 heavy (non-hydrogen) atoms. The van der Waals surface area contributed by atoms with Gasteiger partial charge in [-0.05, 0) is 31.1 Å². The standard InChI is InChI=1S/C18H17Cl4NO4/c19-15-10-14(25-9-5-17(21)22)11-16(20)18(15)26-6-1-2-8-27-23-12-13-4-3-7-24-13/h3-5,7,10-12H,1-2,6,8-9H2. The van der Waals surface area contributed by atoms with E-state index in [9.17, 15) is 0 Å². The zero-order valence-corrected chi connectivity index (χ0v) is 17.2. The maximum Gasteiger partial charge on any atom is 0.156 e. The van der Waals surface area contributed by atoms with Gasteiger partial charge in [0.05, 0.1) is 22.9 Å². The van der Waals surface area contributed by atoms with E-state index in [1.165, 1.54) is 12.3 Å². The largest absolute Gasteiger partial charge is 0.490 e. The highest BCUT2D eigenvalue weighted by Gasteiger charge is 2.10. The monoisotopic (exact) mass is 451 g/mol. The second-order valence-corrected chi connectivity index (χ2v) is 6.98. The van der Waals surface area contributed by atoms with Crippen LogP contribution in [0.2, 0.25) is 10.0 Å². The fourth-order valence-corrected chi connectivity index (χ4v) is 2.61. The van der Waals surface area contributed by atoms with Crippen molar-refractivity contribution < 1.29 is 18.7 Å². The number of oxime groups is 1. The Balaban J connectivity index is 1.68. The summed E-state index contributed by atoms with van der Waals surface area (Å²) in [7, 11) is 0. The van der Waals surface area contributed by atoms with E-state index < -0.39 is 0 Å². The average Bonchev–Trinajstić information content (AvgIpc) is 3.12. The Morgan fingerprint density at radius 2 is 1.81 bits per heavy atom. The summed E-state index contributed by atoms with van der Waals surface area (Å²) in [6.45, 7) is 1.11. The normalized spacial score (nSPS) is 10.8. The van der Waals surface area contributed by atoms with E-state index in [0.717, 1.165) is 12.8 Å². The molecule has 1 aromatic carbocycles. The van der Waals surface area contributed by atoms with Crippen LogP contribution in [-0.4, -0.2) is 26.0 Å². The van der Waals surface area contributed by atoms with Gasteiger partial charge in [-0.15, -0.1) is 0 Å². The third-order valence-corrected chi connectivity index (χ3v) is 4.00. The molecule has 0 saturated heterocycles. The average molecular weight is 453 g/mol. The SMILES string of the molecule is ClC(Cl)=CCOc1cc(Cl)c(OCCCCON=Cc2ccco2)c(Cl)c1. The van der Waals surface area contributed by atoms with Gasteiger partial charge < -0.3 is 18.7 Å². The summed E-state index contributed by atoms with van der Waals surface area (Å²) < 4.78 is 16.3. The summed E-state index contributed by atoms with van der Waals surface area (Å²) in [6.07, 6.45) is 6.10. The minimum Gasteiger partial charge on any atom is -0.490 e. The molecule has 0 bridgehead atoms. The first-order chi connectivity index (χ1) is 13.1. The molecular weight excluding hydrogens is 436 g/mol. The van der Waals surface area contributed by atoms with Crippen molar-refractivity contribution in [3.8, 4) is 11.5 Å². The molecule has 0 saturated carbocycles. The molecule has 146 valence electrons. The summed E-state index contributed by atoms with van der Waals surface area (Å²) in [5, 5.41) is 4.52. The topological polar surface area (TPSA) is 53.2 Å². The van der Waals surface area contributed by atoms with Crippen LogP contribution in [0, 0.1) is 0 Å². The smallest absolute Gasteiger partial charge is 0.156 e. The maximum absolute atomic E-state index is 6.20. The molecule has 0 amide bonds. The number of hydrogen-bond acceptors (Lipinski definition) is 5. The van der Waals surface area contributed by atoms with E-state index in [1.807, 2.05) is 0 Å². The molecule has 0 aliphatic carbocycles. The summed E-state index contributed by atoms with van der Waals surface area (Å²) in [5.74, 6) is 1.54. The molecular formula is C18H17Cl4NO4. The van der Waals surface area contributed by atoms with E-state index in [4.69, 9.17) is 65.1 Å². The van der Waals surface area contributed by atoms with Crippen molar-refractivity contribution in [3.63, 3.8) is 0 Å². The molecule has 0 unspecified atom stereocenters. The van der Waals surface area contributed by atoms with Crippen molar-refractivity contribution in [2.24, 2.45) is 5.16 Å². The lowest BCUT2D eigenvalue weighted by atomic mass is 10.3. The lowest BCUT2D eigenvalue weighted by Crippen LogP contribution is -2.01. The Kier molecular flexibility index (Phi) is 9.70. The van der Waals surface area contributed by atoms with Gasteiger partial charge in [-0.1, -0.05) is 51.6 Å². The van der Waals surface area contributed by atoms with Crippen molar-refractivity contribution >= 4 is 52.6 Å². The predicted octanol–water partition coefficient (Wildman–Crippen LogP) is 6.49. The molecule has 1 aromatic heterocycles. The number of nitrogens with zero attached hydrogens (tertiary/aromatic N) is 1. The fourth-order valence-electron chi connectivity index (χ4n) is 1.91. The Morgan fingerprint density at radius 1 is 1.07 bits per heavy atom. The van der Waals surface area contributed by atoms with Gasteiger partial charge in [0.15, 0.2) is 5.75 Å². The highest BCUT2D eigenvalue weighted by atomic mass is 35.5. The zero-order valence-electron chi connectivity index (χ0n) is 14.2. The van der Waals surface area contributed by atoms with E-state index in [0.29, 0.717) is 40.5 Å². The number of furan rings is 1. The highest BCUT2D eigenvalue weighted by Crippen LogP contribution is 2.37. The van der Waals surface area contributed by atoms with Gasteiger partial charge in [-0.2, -0.15) is 0 Å². The van der Waals surface area contributed by atoms with E-state index in [-0.39, 0.29) is 11.1 Å². The lowest BCUT2D eigenvalue weighted by molar-refractivity contribution is 0.136. The van der Waals surface area contributed by atoms with Crippen molar-refractivity contribution in [3.05, 3.63) is 56.9 Å². The molecule has 0 atom stereocenters. The molecule has 0 fully saturated rings. The van der Waals surface area contributed by atoms with Crippen LogP contribution in [0.3, 0.4) is 0 Å². The molecule has 9 heteroatoms. The van der Waals surface area contributed by atoms with Crippen molar-refractivity contribution in [1.29, 1.82) is 0 Å². The van der Waals surface area contributed by atoms with Gasteiger partial charge in [0.25, 0.3) is 0 Å². The maximum atomic E-state index is 6.20. The Morgan fingerprint density at radius 3 is 2.48 bits per heavy atom. The molecule has 0 aliphatic heterocycles. The summed E-state index contributed by atoms with van der Waals surface area (Å²) in [6, 6.07) is 6.80. The summed E-state index contributed by atoms with van der Waals surface area (Å²) in [4.78, 5) is 5.14. The minimum absolute atomic E-state index is 0.128. The number of benzene rings is 1. The molecule has 0 spiro atoms.